The summed E-state index contributed by atoms with van der Waals surface area (Å²) in [5.41, 5.74) is 2.33. The SMILES string of the molecule is CCn1ccc(C(=O)/C=C/c2ccc(OC)c(Cn3cc(Br)cn3)c2)n1. The Morgan fingerprint density at radius 2 is 2.15 bits per heavy atom. The number of ether oxygens (including phenoxy) is 1. The van der Waals surface area contributed by atoms with Crippen LogP contribution in [0.25, 0.3) is 6.08 Å². The molecule has 0 aliphatic heterocycles. The molecule has 0 radical (unpaired) electrons. The van der Waals surface area contributed by atoms with Crippen LogP contribution in [-0.4, -0.2) is 32.5 Å². The van der Waals surface area contributed by atoms with Crippen molar-refractivity contribution >= 4 is 27.8 Å². The van der Waals surface area contributed by atoms with Gasteiger partial charge in [-0.25, -0.2) is 0 Å². The molecule has 3 rings (SSSR count). The van der Waals surface area contributed by atoms with Gasteiger partial charge in [0.1, 0.15) is 11.4 Å². The van der Waals surface area contributed by atoms with E-state index in [1.807, 2.05) is 36.0 Å². The Hall–Kier alpha value is -2.67. The number of carbonyl (C=O) groups excluding carboxylic acids is 1. The Morgan fingerprint density at radius 1 is 1.31 bits per heavy atom. The van der Waals surface area contributed by atoms with Crippen LogP contribution in [0, 0.1) is 0 Å². The first-order chi connectivity index (χ1) is 12.6. The molecule has 0 bridgehead atoms. The number of ketones is 1. The fourth-order valence-corrected chi connectivity index (χ4v) is 2.88. The lowest BCUT2D eigenvalue weighted by Crippen LogP contribution is -2.02. The summed E-state index contributed by atoms with van der Waals surface area (Å²) in [5, 5.41) is 8.50. The minimum absolute atomic E-state index is 0.120. The van der Waals surface area contributed by atoms with Crippen molar-refractivity contribution in [1.82, 2.24) is 19.6 Å². The van der Waals surface area contributed by atoms with Crippen molar-refractivity contribution in [3.63, 3.8) is 0 Å². The molecule has 6 nitrogen and oxygen atoms in total. The van der Waals surface area contributed by atoms with Crippen molar-refractivity contribution < 1.29 is 9.53 Å². The second kappa shape index (κ2) is 8.14. The zero-order valence-corrected chi connectivity index (χ0v) is 16.2. The number of rotatable bonds is 7. The molecule has 0 amide bonds. The van der Waals surface area contributed by atoms with Crippen molar-refractivity contribution in [2.45, 2.75) is 20.0 Å². The van der Waals surface area contributed by atoms with Gasteiger partial charge in [-0.05, 0) is 52.7 Å². The lowest BCUT2D eigenvalue weighted by molar-refractivity contribution is 0.104. The van der Waals surface area contributed by atoms with E-state index in [-0.39, 0.29) is 5.78 Å². The summed E-state index contributed by atoms with van der Waals surface area (Å²) in [4.78, 5) is 12.2. The summed E-state index contributed by atoms with van der Waals surface area (Å²) in [6, 6.07) is 7.52. The van der Waals surface area contributed by atoms with Gasteiger partial charge >= 0.3 is 0 Å². The van der Waals surface area contributed by atoms with Gasteiger partial charge in [-0.3, -0.25) is 14.2 Å². The number of hydrogen-bond donors (Lipinski definition) is 0. The summed E-state index contributed by atoms with van der Waals surface area (Å²) in [6.07, 6.45) is 8.77. The Balaban J connectivity index is 1.79. The van der Waals surface area contributed by atoms with Crippen molar-refractivity contribution in [3.05, 3.63) is 70.2 Å². The first kappa shape index (κ1) is 18.1. The number of aryl methyl sites for hydroxylation is 1. The lowest BCUT2D eigenvalue weighted by atomic mass is 10.1. The van der Waals surface area contributed by atoms with E-state index in [9.17, 15) is 4.79 Å². The number of carbonyl (C=O) groups is 1. The summed E-state index contributed by atoms with van der Waals surface area (Å²) in [5.74, 6) is 0.660. The van der Waals surface area contributed by atoms with Crippen LogP contribution in [0.1, 0.15) is 28.5 Å². The predicted molar refractivity (Wildman–Crippen MR) is 103 cm³/mol. The van der Waals surface area contributed by atoms with E-state index >= 15 is 0 Å². The first-order valence-corrected chi connectivity index (χ1v) is 8.99. The highest BCUT2D eigenvalue weighted by atomic mass is 79.9. The molecule has 0 saturated carbocycles. The number of benzene rings is 1. The highest BCUT2D eigenvalue weighted by Gasteiger charge is 2.08. The quantitative estimate of drug-likeness (QED) is 0.435. The van der Waals surface area contributed by atoms with Gasteiger partial charge in [0.15, 0.2) is 0 Å². The summed E-state index contributed by atoms with van der Waals surface area (Å²) in [6.45, 7) is 3.29. The largest absolute Gasteiger partial charge is 0.496 e. The molecule has 0 spiro atoms. The maximum Gasteiger partial charge on any atom is 0.206 e. The Morgan fingerprint density at radius 3 is 2.81 bits per heavy atom. The third-order valence-electron chi connectivity index (χ3n) is 3.88. The van der Waals surface area contributed by atoms with Gasteiger partial charge in [0.25, 0.3) is 0 Å². The molecular formula is C19H19BrN4O2. The zero-order chi connectivity index (χ0) is 18.5. The van der Waals surface area contributed by atoms with Crippen LogP contribution in [0.5, 0.6) is 5.75 Å². The van der Waals surface area contributed by atoms with Crippen molar-refractivity contribution in [1.29, 1.82) is 0 Å². The van der Waals surface area contributed by atoms with Crippen molar-refractivity contribution in [3.8, 4) is 5.75 Å². The molecule has 26 heavy (non-hydrogen) atoms. The van der Waals surface area contributed by atoms with Crippen LogP contribution in [0.2, 0.25) is 0 Å². The molecular weight excluding hydrogens is 396 g/mol. The molecule has 2 aromatic heterocycles. The fourth-order valence-electron chi connectivity index (χ4n) is 2.55. The molecule has 0 N–H and O–H groups in total. The van der Waals surface area contributed by atoms with Gasteiger partial charge < -0.3 is 4.74 Å². The maximum absolute atomic E-state index is 12.2. The Kier molecular flexibility index (Phi) is 5.68. The van der Waals surface area contributed by atoms with Gasteiger partial charge in [0.05, 0.1) is 24.3 Å². The molecule has 7 heteroatoms. The van der Waals surface area contributed by atoms with E-state index in [1.54, 1.807) is 42.4 Å². The number of aromatic nitrogens is 4. The number of allylic oxidation sites excluding steroid dienone is 1. The standard InChI is InChI=1S/C19H19BrN4O2/c1-3-23-9-8-17(22-23)18(25)6-4-14-5-7-19(26-2)15(10-14)12-24-13-16(20)11-21-24/h4-11,13H,3,12H2,1-2H3/b6-4+. The van der Waals surface area contributed by atoms with Crippen LogP contribution in [0.3, 0.4) is 0 Å². The van der Waals surface area contributed by atoms with Crippen molar-refractivity contribution in [2.24, 2.45) is 0 Å². The third-order valence-corrected chi connectivity index (χ3v) is 4.29. The van der Waals surface area contributed by atoms with E-state index in [1.165, 1.54) is 0 Å². The van der Waals surface area contributed by atoms with Crippen LogP contribution < -0.4 is 4.74 Å². The lowest BCUT2D eigenvalue weighted by Gasteiger charge is -2.09. The number of nitrogens with zero attached hydrogens (tertiary/aromatic N) is 4. The third kappa shape index (κ3) is 4.29. The summed E-state index contributed by atoms with van der Waals surface area (Å²) < 4.78 is 9.90. The van der Waals surface area contributed by atoms with Crippen LogP contribution in [0.4, 0.5) is 0 Å². The first-order valence-electron chi connectivity index (χ1n) is 8.19. The minimum Gasteiger partial charge on any atom is -0.496 e. The Labute approximate surface area is 160 Å². The van der Waals surface area contributed by atoms with E-state index in [0.29, 0.717) is 12.2 Å². The predicted octanol–water partition coefficient (Wildman–Crippen LogP) is 3.82. The summed E-state index contributed by atoms with van der Waals surface area (Å²) >= 11 is 3.39. The van der Waals surface area contributed by atoms with Crippen molar-refractivity contribution in [2.75, 3.05) is 7.11 Å². The molecule has 0 fully saturated rings. The van der Waals surface area contributed by atoms with Gasteiger partial charge in [-0.15, -0.1) is 0 Å². The van der Waals surface area contributed by atoms with E-state index in [4.69, 9.17) is 4.74 Å². The molecule has 2 heterocycles. The minimum atomic E-state index is -0.120. The highest BCUT2D eigenvalue weighted by molar-refractivity contribution is 9.10. The van der Waals surface area contributed by atoms with Gasteiger partial charge in [-0.1, -0.05) is 12.1 Å². The van der Waals surface area contributed by atoms with Crippen LogP contribution >= 0.6 is 15.9 Å². The number of methoxy groups -OCH3 is 1. The Bertz CT molecular complexity index is 943. The second-order valence-corrected chi connectivity index (χ2v) is 6.60. The normalized spacial score (nSPS) is 11.2. The van der Waals surface area contributed by atoms with E-state index in [2.05, 4.69) is 26.1 Å². The molecule has 3 aromatic rings. The number of hydrogen-bond acceptors (Lipinski definition) is 4. The fraction of sp³-hybridized carbons (Fsp3) is 0.211. The van der Waals surface area contributed by atoms with Crippen LogP contribution in [0.15, 0.2) is 53.4 Å². The molecule has 134 valence electrons. The van der Waals surface area contributed by atoms with E-state index < -0.39 is 0 Å². The molecule has 1 aromatic carbocycles. The van der Waals surface area contributed by atoms with Gasteiger partial charge in [0, 0.05) is 24.5 Å². The van der Waals surface area contributed by atoms with Gasteiger partial charge in [0.2, 0.25) is 5.78 Å². The zero-order valence-electron chi connectivity index (χ0n) is 14.6. The number of halogens is 1. The maximum atomic E-state index is 12.2. The highest BCUT2D eigenvalue weighted by Crippen LogP contribution is 2.22. The molecule has 0 aliphatic carbocycles. The smallest absolute Gasteiger partial charge is 0.206 e. The molecule has 0 saturated heterocycles. The monoisotopic (exact) mass is 414 g/mol. The second-order valence-electron chi connectivity index (χ2n) is 5.68. The molecule has 0 atom stereocenters. The average Bonchev–Trinajstić information content (AvgIpc) is 3.29. The molecule has 0 unspecified atom stereocenters. The van der Waals surface area contributed by atoms with Gasteiger partial charge in [-0.2, -0.15) is 10.2 Å². The topological polar surface area (TPSA) is 61.9 Å². The van der Waals surface area contributed by atoms with E-state index in [0.717, 1.165) is 27.9 Å². The average molecular weight is 415 g/mol. The summed E-state index contributed by atoms with van der Waals surface area (Å²) in [7, 11) is 1.64. The van der Waals surface area contributed by atoms with Crippen LogP contribution in [-0.2, 0) is 13.1 Å². The molecule has 0 aliphatic rings.